The van der Waals surface area contributed by atoms with Crippen LogP contribution in [0.4, 0.5) is 5.69 Å². The van der Waals surface area contributed by atoms with Crippen LogP contribution < -0.4 is 10.2 Å². The molecule has 6 heteroatoms. The van der Waals surface area contributed by atoms with Crippen molar-refractivity contribution in [1.29, 1.82) is 0 Å². The standard InChI is InChI=1S/C23H31N3O3/c1-17(27)14-24-23(29)19-8-10-20(11-9-19)25(2)22(18-6-4-3-5-7-18)16-26-13-12-21(28)15-26/h3-11,17,21-22,27-28H,12-16H2,1-2H3,(H,24,29)/t17-,21-,22+/m0/s1. The molecule has 156 valence electrons. The topological polar surface area (TPSA) is 76.0 Å². The van der Waals surface area contributed by atoms with E-state index in [0.717, 1.165) is 25.2 Å². The first kappa shape index (κ1) is 21.3. The lowest BCUT2D eigenvalue weighted by atomic mass is 10.0. The zero-order chi connectivity index (χ0) is 20.8. The Hall–Kier alpha value is -2.41. The van der Waals surface area contributed by atoms with E-state index in [1.54, 1.807) is 6.92 Å². The number of carbonyl (C=O) groups excluding carboxylic acids is 1. The van der Waals surface area contributed by atoms with E-state index in [9.17, 15) is 15.0 Å². The van der Waals surface area contributed by atoms with E-state index in [-0.39, 0.29) is 24.6 Å². The molecule has 1 heterocycles. The molecular formula is C23H31N3O3. The zero-order valence-corrected chi connectivity index (χ0v) is 17.2. The van der Waals surface area contributed by atoms with E-state index in [1.165, 1.54) is 5.56 Å². The van der Waals surface area contributed by atoms with Gasteiger partial charge in [0.05, 0.1) is 18.2 Å². The van der Waals surface area contributed by atoms with Crippen LogP contribution >= 0.6 is 0 Å². The third-order valence-electron chi connectivity index (χ3n) is 5.43. The Balaban J connectivity index is 1.74. The van der Waals surface area contributed by atoms with E-state index in [0.29, 0.717) is 12.1 Å². The first-order valence-corrected chi connectivity index (χ1v) is 10.2. The van der Waals surface area contributed by atoms with Gasteiger partial charge in [0.1, 0.15) is 0 Å². The summed E-state index contributed by atoms with van der Waals surface area (Å²) in [5, 5.41) is 21.9. The van der Waals surface area contributed by atoms with Gasteiger partial charge in [0, 0.05) is 44.5 Å². The summed E-state index contributed by atoms with van der Waals surface area (Å²) in [5.41, 5.74) is 2.81. The van der Waals surface area contributed by atoms with E-state index < -0.39 is 6.10 Å². The van der Waals surface area contributed by atoms with Gasteiger partial charge in [0.2, 0.25) is 0 Å². The molecule has 0 unspecified atom stereocenters. The maximum Gasteiger partial charge on any atom is 0.251 e. The SMILES string of the molecule is C[C@H](O)CNC(=O)c1ccc(N(C)[C@H](CN2CC[C@H](O)C2)c2ccccc2)cc1. The van der Waals surface area contributed by atoms with Gasteiger partial charge in [0.15, 0.2) is 0 Å². The van der Waals surface area contributed by atoms with Crippen LogP contribution in [0.1, 0.15) is 35.3 Å². The summed E-state index contributed by atoms with van der Waals surface area (Å²) in [7, 11) is 2.06. The molecule has 2 aromatic rings. The van der Waals surface area contributed by atoms with E-state index in [1.807, 2.05) is 42.5 Å². The summed E-state index contributed by atoms with van der Waals surface area (Å²) < 4.78 is 0. The summed E-state index contributed by atoms with van der Waals surface area (Å²) in [4.78, 5) is 16.7. The van der Waals surface area contributed by atoms with Crippen LogP contribution in [-0.4, -0.2) is 66.5 Å². The molecule has 0 spiro atoms. The second-order valence-corrected chi connectivity index (χ2v) is 7.85. The van der Waals surface area contributed by atoms with Crippen molar-refractivity contribution in [3.05, 3.63) is 65.7 Å². The van der Waals surface area contributed by atoms with Gasteiger partial charge in [-0.05, 0) is 43.2 Å². The monoisotopic (exact) mass is 397 g/mol. The fourth-order valence-corrected chi connectivity index (χ4v) is 3.72. The minimum atomic E-state index is -0.569. The predicted octanol–water partition coefficient (Wildman–Crippen LogP) is 2.04. The third-order valence-corrected chi connectivity index (χ3v) is 5.43. The highest BCUT2D eigenvalue weighted by Crippen LogP contribution is 2.28. The smallest absolute Gasteiger partial charge is 0.251 e. The molecule has 0 aromatic heterocycles. The number of anilines is 1. The quantitative estimate of drug-likeness (QED) is 0.636. The number of nitrogens with one attached hydrogen (secondary N) is 1. The fourth-order valence-electron chi connectivity index (χ4n) is 3.72. The van der Waals surface area contributed by atoms with E-state index >= 15 is 0 Å². The van der Waals surface area contributed by atoms with Crippen molar-refractivity contribution in [3.8, 4) is 0 Å². The van der Waals surface area contributed by atoms with Crippen molar-refractivity contribution in [2.24, 2.45) is 0 Å². The van der Waals surface area contributed by atoms with Crippen LogP contribution in [0.25, 0.3) is 0 Å². The zero-order valence-electron chi connectivity index (χ0n) is 17.2. The molecule has 1 saturated heterocycles. The number of hydrogen-bond acceptors (Lipinski definition) is 5. The van der Waals surface area contributed by atoms with Crippen molar-refractivity contribution < 1.29 is 15.0 Å². The number of hydrogen-bond donors (Lipinski definition) is 3. The van der Waals surface area contributed by atoms with Gasteiger partial charge in [-0.1, -0.05) is 30.3 Å². The van der Waals surface area contributed by atoms with Crippen molar-refractivity contribution in [2.45, 2.75) is 31.6 Å². The highest BCUT2D eigenvalue weighted by atomic mass is 16.3. The van der Waals surface area contributed by atoms with Gasteiger partial charge in [-0.2, -0.15) is 0 Å². The number of benzene rings is 2. The van der Waals surface area contributed by atoms with Gasteiger partial charge in [0.25, 0.3) is 5.91 Å². The minimum absolute atomic E-state index is 0.136. The lowest BCUT2D eigenvalue weighted by molar-refractivity contribution is 0.0924. The number of amides is 1. The Bertz CT molecular complexity index is 780. The summed E-state index contributed by atoms with van der Waals surface area (Å²) >= 11 is 0. The minimum Gasteiger partial charge on any atom is -0.392 e. The average Bonchev–Trinajstić information content (AvgIpc) is 3.15. The highest BCUT2D eigenvalue weighted by Gasteiger charge is 2.26. The Morgan fingerprint density at radius 1 is 1.21 bits per heavy atom. The molecule has 1 amide bonds. The van der Waals surface area contributed by atoms with Crippen molar-refractivity contribution in [2.75, 3.05) is 38.1 Å². The number of nitrogens with zero attached hydrogens (tertiary/aromatic N) is 2. The van der Waals surface area contributed by atoms with Crippen molar-refractivity contribution in [1.82, 2.24) is 10.2 Å². The Morgan fingerprint density at radius 3 is 2.48 bits per heavy atom. The molecule has 0 radical (unpaired) electrons. The number of aliphatic hydroxyl groups is 2. The Labute approximate surface area is 172 Å². The molecule has 6 nitrogen and oxygen atoms in total. The maximum atomic E-state index is 12.2. The maximum absolute atomic E-state index is 12.2. The number of aliphatic hydroxyl groups excluding tert-OH is 2. The number of rotatable bonds is 8. The highest BCUT2D eigenvalue weighted by molar-refractivity contribution is 5.94. The molecule has 2 aromatic carbocycles. The van der Waals surface area contributed by atoms with Crippen molar-refractivity contribution in [3.63, 3.8) is 0 Å². The molecule has 3 rings (SSSR count). The van der Waals surface area contributed by atoms with Gasteiger partial charge >= 0.3 is 0 Å². The number of likely N-dealkylation sites (tertiary alicyclic amines) is 1. The van der Waals surface area contributed by atoms with Crippen LogP contribution in [0.2, 0.25) is 0 Å². The van der Waals surface area contributed by atoms with Gasteiger partial charge in [-0.15, -0.1) is 0 Å². The Kier molecular flexibility index (Phi) is 7.25. The second kappa shape index (κ2) is 9.87. The third kappa shape index (κ3) is 5.79. The first-order chi connectivity index (χ1) is 13.9. The predicted molar refractivity (Wildman–Crippen MR) is 115 cm³/mol. The average molecular weight is 398 g/mol. The number of carbonyl (C=O) groups is 1. The molecule has 0 aliphatic carbocycles. The fraction of sp³-hybridized carbons (Fsp3) is 0.435. The van der Waals surface area contributed by atoms with E-state index in [2.05, 4.69) is 34.3 Å². The lowest BCUT2D eigenvalue weighted by Crippen LogP contribution is -2.36. The molecular weight excluding hydrogens is 366 g/mol. The largest absolute Gasteiger partial charge is 0.392 e. The molecule has 1 aliphatic heterocycles. The molecule has 29 heavy (non-hydrogen) atoms. The van der Waals surface area contributed by atoms with Crippen LogP contribution in [0.3, 0.4) is 0 Å². The molecule has 1 aliphatic rings. The lowest BCUT2D eigenvalue weighted by Gasteiger charge is -2.33. The summed E-state index contributed by atoms with van der Waals surface area (Å²) in [6.45, 7) is 4.31. The Morgan fingerprint density at radius 2 is 1.90 bits per heavy atom. The van der Waals surface area contributed by atoms with Crippen LogP contribution in [0.5, 0.6) is 0 Å². The van der Waals surface area contributed by atoms with Gasteiger partial charge in [-0.3, -0.25) is 9.69 Å². The molecule has 1 fully saturated rings. The van der Waals surface area contributed by atoms with E-state index in [4.69, 9.17) is 0 Å². The van der Waals surface area contributed by atoms with Crippen molar-refractivity contribution >= 4 is 11.6 Å². The number of likely N-dealkylation sites (N-methyl/N-ethyl adjacent to an activating group) is 1. The number of β-amino-alcohol motifs (C(OH)–C–C–N with tert-alkyl or cyclic N) is 1. The second-order valence-electron chi connectivity index (χ2n) is 7.85. The molecule has 0 bridgehead atoms. The molecule has 0 saturated carbocycles. The normalized spacial score (nSPS) is 19.0. The van der Waals surface area contributed by atoms with Crippen LogP contribution in [-0.2, 0) is 0 Å². The van der Waals surface area contributed by atoms with Crippen LogP contribution in [0.15, 0.2) is 54.6 Å². The molecule has 3 N–H and O–H groups in total. The molecule has 3 atom stereocenters. The van der Waals surface area contributed by atoms with Gasteiger partial charge < -0.3 is 20.4 Å². The summed E-state index contributed by atoms with van der Waals surface area (Å²) in [5.74, 6) is -0.189. The van der Waals surface area contributed by atoms with Gasteiger partial charge in [-0.25, -0.2) is 0 Å². The summed E-state index contributed by atoms with van der Waals surface area (Å²) in [6, 6.07) is 18.0. The first-order valence-electron chi connectivity index (χ1n) is 10.2. The van der Waals surface area contributed by atoms with Crippen LogP contribution in [0, 0.1) is 0 Å². The summed E-state index contributed by atoms with van der Waals surface area (Å²) in [6.07, 6.45) is 0.0119.